The predicted octanol–water partition coefficient (Wildman–Crippen LogP) is 6.53. The van der Waals surface area contributed by atoms with Crippen molar-refractivity contribution in [2.45, 2.75) is 33.5 Å². The summed E-state index contributed by atoms with van der Waals surface area (Å²) in [7, 11) is 0. The summed E-state index contributed by atoms with van der Waals surface area (Å²) in [4.78, 5) is 15.2. The number of benzene rings is 3. The molecule has 33 heavy (non-hydrogen) atoms. The normalized spacial score (nSPS) is 10.8. The number of amides is 2. The first-order valence-electron chi connectivity index (χ1n) is 11.0. The van der Waals surface area contributed by atoms with Gasteiger partial charge in [0.05, 0.1) is 6.54 Å². The highest BCUT2D eigenvalue weighted by Crippen LogP contribution is 2.21. The van der Waals surface area contributed by atoms with Crippen molar-refractivity contribution in [1.82, 2.24) is 9.47 Å². The van der Waals surface area contributed by atoms with Crippen molar-refractivity contribution < 1.29 is 9.18 Å². The van der Waals surface area contributed by atoms with E-state index in [1.54, 1.807) is 12.1 Å². The summed E-state index contributed by atoms with van der Waals surface area (Å²) in [5.74, 6) is -0.247. The second-order valence-electron chi connectivity index (χ2n) is 8.29. The van der Waals surface area contributed by atoms with Crippen molar-refractivity contribution in [2.24, 2.45) is 0 Å². The van der Waals surface area contributed by atoms with Crippen LogP contribution in [0, 0.1) is 19.7 Å². The quantitative estimate of drug-likeness (QED) is 0.348. The summed E-state index contributed by atoms with van der Waals surface area (Å²) in [6, 6.07) is 26.3. The molecule has 0 fully saturated rings. The number of urea groups is 1. The van der Waals surface area contributed by atoms with Crippen molar-refractivity contribution in [1.29, 1.82) is 0 Å². The van der Waals surface area contributed by atoms with Gasteiger partial charge >= 0.3 is 6.03 Å². The van der Waals surface area contributed by atoms with Gasteiger partial charge in [0, 0.05) is 30.7 Å². The average Bonchev–Trinajstić information content (AvgIpc) is 3.24. The Morgan fingerprint density at radius 2 is 1.52 bits per heavy atom. The molecule has 0 aliphatic heterocycles. The van der Waals surface area contributed by atoms with E-state index in [1.165, 1.54) is 12.1 Å². The van der Waals surface area contributed by atoms with Crippen LogP contribution in [-0.2, 0) is 19.6 Å². The van der Waals surface area contributed by atoms with E-state index in [-0.39, 0.29) is 11.8 Å². The summed E-state index contributed by atoms with van der Waals surface area (Å²) in [5.41, 5.74) is 5.98. The highest BCUT2D eigenvalue weighted by molar-refractivity contribution is 5.91. The smallest absolute Gasteiger partial charge is 0.322 e. The minimum Gasteiger partial charge on any atom is -0.345 e. The Kier molecular flexibility index (Phi) is 6.89. The minimum atomic E-state index is -0.247. The Morgan fingerprint density at radius 1 is 0.818 bits per heavy atom. The first-order chi connectivity index (χ1) is 16.0. The highest BCUT2D eigenvalue weighted by atomic mass is 19.1. The van der Waals surface area contributed by atoms with Gasteiger partial charge in [0.15, 0.2) is 0 Å². The number of anilines is 1. The summed E-state index contributed by atoms with van der Waals surface area (Å²) in [5, 5.41) is 3.12. The molecule has 0 aliphatic rings. The number of hydrogen-bond acceptors (Lipinski definition) is 1. The van der Waals surface area contributed by atoms with Gasteiger partial charge in [0.25, 0.3) is 0 Å². The number of carbonyl (C=O) groups is 1. The molecule has 0 bridgehead atoms. The number of aryl methyl sites for hydroxylation is 2. The third kappa shape index (κ3) is 5.69. The van der Waals surface area contributed by atoms with Crippen molar-refractivity contribution >= 4 is 11.7 Å². The van der Waals surface area contributed by atoms with Crippen LogP contribution in [0.1, 0.15) is 27.9 Å². The van der Waals surface area contributed by atoms with E-state index in [4.69, 9.17) is 0 Å². The van der Waals surface area contributed by atoms with Crippen LogP contribution in [0.2, 0.25) is 0 Å². The lowest BCUT2D eigenvalue weighted by atomic mass is 10.1. The number of para-hydroxylation sites is 1. The lowest BCUT2D eigenvalue weighted by Gasteiger charge is -2.25. The van der Waals surface area contributed by atoms with Crippen LogP contribution in [-0.4, -0.2) is 15.5 Å². The third-order valence-corrected chi connectivity index (χ3v) is 5.76. The van der Waals surface area contributed by atoms with Gasteiger partial charge in [-0.3, -0.25) is 0 Å². The van der Waals surface area contributed by atoms with Crippen LogP contribution in [0.15, 0.2) is 91.1 Å². The largest absolute Gasteiger partial charge is 0.345 e. The zero-order valence-corrected chi connectivity index (χ0v) is 19.0. The maximum Gasteiger partial charge on any atom is 0.322 e. The van der Waals surface area contributed by atoms with Gasteiger partial charge < -0.3 is 14.8 Å². The summed E-state index contributed by atoms with van der Waals surface area (Å²) in [6.07, 6.45) is 1.99. The molecule has 4 nitrogen and oxygen atoms in total. The van der Waals surface area contributed by atoms with E-state index in [0.29, 0.717) is 19.6 Å². The number of nitrogens with zero attached hydrogens (tertiary/aromatic N) is 2. The van der Waals surface area contributed by atoms with Crippen LogP contribution in [0.5, 0.6) is 0 Å². The number of hydrogen-bond donors (Lipinski definition) is 1. The molecule has 0 saturated heterocycles. The predicted molar refractivity (Wildman–Crippen MR) is 131 cm³/mol. The zero-order valence-electron chi connectivity index (χ0n) is 19.0. The van der Waals surface area contributed by atoms with Gasteiger partial charge in [-0.05, 0) is 60.4 Å². The standard InChI is InChI=1S/C28H28FN3O/c1-21-8-6-9-22(2)27(21)30-28(33)32(19-23-10-4-3-5-11-23)20-26-12-7-17-31(26)18-24-13-15-25(29)16-14-24/h3-17H,18-20H2,1-2H3,(H,30,33). The molecule has 3 aromatic carbocycles. The van der Waals surface area contributed by atoms with Gasteiger partial charge in [0.2, 0.25) is 0 Å². The molecule has 0 aliphatic carbocycles. The van der Waals surface area contributed by atoms with Gasteiger partial charge in [-0.1, -0.05) is 60.7 Å². The molecule has 0 spiro atoms. The first-order valence-corrected chi connectivity index (χ1v) is 11.0. The Balaban J connectivity index is 1.57. The second kappa shape index (κ2) is 10.2. The highest BCUT2D eigenvalue weighted by Gasteiger charge is 2.18. The van der Waals surface area contributed by atoms with Crippen LogP contribution >= 0.6 is 0 Å². The zero-order chi connectivity index (χ0) is 23.2. The van der Waals surface area contributed by atoms with E-state index in [2.05, 4.69) is 9.88 Å². The fourth-order valence-corrected chi connectivity index (χ4v) is 3.93. The van der Waals surface area contributed by atoms with E-state index >= 15 is 0 Å². The summed E-state index contributed by atoms with van der Waals surface area (Å²) >= 11 is 0. The van der Waals surface area contributed by atoms with E-state index < -0.39 is 0 Å². The Morgan fingerprint density at radius 3 is 2.21 bits per heavy atom. The van der Waals surface area contributed by atoms with Gasteiger partial charge in [0.1, 0.15) is 5.82 Å². The van der Waals surface area contributed by atoms with Gasteiger partial charge in [-0.2, -0.15) is 0 Å². The Labute approximate surface area is 194 Å². The molecular weight excluding hydrogens is 413 g/mol. The molecule has 0 saturated carbocycles. The fraction of sp³-hybridized carbons (Fsp3) is 0.179. The lowest BCUT2D eigenvalue weighted by molar-refractivity contribution is 0.205. The lowest BCUT2D eigenvalue weighted by Crippen LogP contribution is -2.35. The summed E-state index contributed by atoms with van der Waals surface area (Å²) < 4.78 is 15.4. The molecule has 5 heteroatoms. The number of rotatable bonds is 7. The monoisotopic (exact) mass is 441 g/mol. The van der Waals surface area contributed by atoms with Gasteiger partial charge in [-0.15, -0.1) is 0 Å². The first kappa shape index (κ1) is 22.3. The number of halogens is 1. The molecule has 1 heterocycles. The molecule has 0 atom stereocenters. The number of nitrogens with one attached hydrogen (secondary N) is 1. The maximum atomic E-state index is 13.4. The SMILES string of the molecule is Cc1cccc(C)c1NC(=O)N(Cc1ccccc1)Cc1cccn1Cc1ccc(F)cc1. The van der Waals surface area contributed by atoms with Crippen LogP contribution in [0.4, 0.5) is 14.9 Å². The number of carbonyl (C=O) groups excluding carboxylic acids is 1. The third-order valence-electron chi connectivity index (χ3n) is 5.76. The Bertz CT molecular complexity index is 1200. The van der Waals surface area contributed by atoms with E-state index in [9.17, 15) is 9.18 Å². The summed E-state index contributed by atoms with van der Waals surface area (Å²) in [6.45, 7) is 5.54. The minimum absolute atomic E-state index is 0.147. The second-order valence-corrected chi connectivity index (χ2v) is 8.29. The Hall–Kier alpha value is -3.86. The van der Waals surface area contributed by atoms with Crippen LogP contribution in [0.25, 0.3) is 0 Å². The average molecular weight is 442 g/mol. The van der Waals surface area contributed by atoms with E-state index in [1.807, 2.05) is 85.6 Å². The molecule has 4 rings (SSSR count). The van der Waals surface area contributed by atoms with Crippen molar-refractivity contribution in [3.63, 3.8) is 0 Å². The molecule has 2 amide bonds. The van der Waals surface area contributed by atoms with Gasteiger partial charge in [-0.25, -0.2) is 9.18 Å². The molecular formula is C28H28FN3O. The molecule has 4 aromatic rings. The molecule has 0 radical (unpaired) electrons. The molecule has 1 aromatic heterocycles. The molecule has 0 unspecified atom stereocenters. The van der Waals surface area contributed by atoms with Crippen molar-refractivity contribution in [3.05, 3.63) is 125 Å². The van der Waals surface area contributed by atoms with Crippen molar-refractivity contribution in [3.8, 4) is 0 Å². The van der Waals surface area contributed by atoms with E-state index in [0.717, 1.165) is 33.6 Å². The van der Waals surface area contributed by atoms with Crippen molar-refractivity contribution in [2.75, 3.05) is 5.32 Å². The molecule has 168 valence electrons. The van der Waals surface area contributed by atoms with Crippen LogP contribution < -0.4 is 5.32 Å². The number of aromatic nitrogens is 1. The van der Waals surface area contributed by atoms with Crippen LogP contribution in [0.3, 0.4) is 0 Å². The topological polar surface area (TPSA) is 37.3 Å². The fourth-order valence-electron chi connectivity index (χ4n) is 3.93. The maximum absolute atomic E-state index is 13.4. The molecule has 1 N–H and O–H groups in total.